The number of carbonyl (C=O) groups excluding carboxylic acids is 1. The van der Waals surface area contributed by atoms with Crippen LogP contribution in [-0.4, -0.2) is 57.8 Å². The number of aromatic nitrogens is 1. The minimum Gasteiger partial charge on any atom is -0.493 e. The van der Waals surface area contributed by atoms with Crippen LogP contribution in [0.1, 0.15) is 64.1 Å². The lowest BCUT2D eigenvalue weighted by molar-refractivity contribution is -0.230. The molecule has 1 aliphatic heterocycles. The van der Waals surface area contributed by atoms with Gasteiger partial charge in [0.25, 0.3) is 5.91 Å². The lowest BCUT2D eigenvalue weighted by Gasteiger charge is -2.55. The van der Waals surface area contributed by atoms with Crippen molar-refractivity contribution in [3.8, 4) is 5.75 Å². The van der Waals surface area contributed by atoms with E-state index in [1.54, 1.807) is 6.20 Å². The molecular weight excluding hydrogens is 372 g/mol. The fraction of sp³-hybridized carbons (Fsp3) is 0.727. The summed E-state index contributed by atoms with van der Waals surface area (Å²) in [5.74, 6) is 0.748. The Bertz CT molecular complexity index is 667. The van der Waals surface area contributed by atoms with E-state index in [-0.39, 0.29) is 25.1 Å². The molecule has 0 aliphatic carbocycles. The number of hydrogen-bond donors (Lipinski definition) is 2. The third kappa shape index (κ3) is 5.47. The Morgan fingerprint density at radius 2 is 2.03 bits per heavy atom. The zero-order chi connectivity index (χ0) is 21.4. The number of likely N-dealkylation sites (tertiary alicyclic amines) is 1. The number of aliphatic hydroxyl groups is 2. The number of aryl methyl sites for hydroxylation is 1. The molecule has 1 aromatic heterocycles. The number of ether oxygens (including phenoxy) is 2. The summed E-state index contributed by atoms with van der Waals surface area (Å²) >= 11 is 0. The number of rotatable bonds is 13. The average molecular weight is 409 g/mol. The number of carbonyl (C=O) groups is 1. The SMILES string of the molecule is CCCCCCOc1cc(C[C@]2(OCO)C(=O)N(CO)[C@H]2CC(C)C)ncc1C. The largest absolute Gasteiger partial charge is 0.493 e. The quantitative estimate of drug-likeness (QED) is 0.296. The topological polar surface area (TPSA) is 92.1 Å². The van der Waals surface area contributed by atoms with Crippen LogP contribution < -0.4 is 4.74 Å². The number of amides is 1. The van der Waals surface area contributed by atoms with E-state index in [1.165, 1.54) is 17.7 Å². The number of hydrogen-bond acceptors (Lipinski definition) is 6. The molecule has 7 nitrogen and oxygen atoms in total. The lowest BCUT2D eigenvalue weighted by Crippen LogP contribution is -2.76. The molecule has 1 aromatic rings. The molecule has 0 bridgehead atoms. The van der Waals surface area contributed by atoms with Gasteiger partial charge in [0, 0.05) is 29.9 Å². The van der Waals surface area contributed by atoms with Crippen molar-refractivity contribution in [3.05, 3.63) is 23.5 Å². The summed E-state index contributed by atoms with van der Waals surface area (Å²) in [5.41, 5.74) is 0.409. The number of pyridine rings is 1. The van der Waals surface area contributed by atoms with Crippen molar-refractivity contribution in [2.45, 2.75) is 77.9 Å². The third-order valence-corrected chi connectivity index (χ3v) is 5.52. The molecule has 0 radical (unpaired) electrons. The maximum absolute atomic E-state index is 12.8. The number of aliphatic hydroxyl groups excluding tert-OH is 2. The van der Waals surface area contributed by atoms with Gasteiger partial charge in [-0.3, -0.25) is 9.78 Å². The Balaban J connectivity index is 2.17. The predicted molar refractivity (Wildman–Crippen MR) is 110 cm³/mol. The second-order valence-electron chi connectivity index (χ2n) is 8.25. The smallest absolute Gasteiger partial charge is 0.259 e. The first-order chi connectivity index (χ1) is 13.9. The molecule has 2 rings (SSSR count). The first-order valence-electron chi connectivity index (χ1n) is 10.6. The van der Waals surface area contributed by atoms with Gasteiger partial charge in [0.05, 0.1) is 12.6 Å². The van der Waals surface area contributed by atoms with Crippen LogP contribution >= 0.6 is 0 Å². The van der Waals surface area contributed by atoms with Crippen molar-refractivity contribution in [2.24, 2.45) is 5.92 Å². The van der Waals surface area contributed by atoms with Gasteiger partial charge in [-0.05, 0) is 25.7 Å². The van der Waals surface area contributed by atoms with Crippen LogP contribution in [0.2, 0.25) is 0 Å². The van der Waals surface area contributed by atoms with Crippen molar-refractivity contribution in [3.63, 3.8) is 0 Å². The first kappa shape index (κ1) is 23.6. The second kappa shape index (κ2) is 10.9. The maximum Gasteiger partial charge on any atom is 0.259 e. The second-order valence-corrected chi connectivity index (χ2v) is 8.25. The van der Waals surface area contributed by atoms with E-state index in [1.807, 2.05) is 13.0 Å². The van der Waals surface area contributed by atoms with Crippen molar-refractivity contribution in [1.29, 1.82) is 0 Å². The van der Waals surface area contributed by atoms with E-state index in [0.29, 0.717) is 24.6 Å². The highest BCUT2D eigenvalue weighted by molar-refractivity contribution is 5.93. The van der Waals surface area contributed by atoms with Gasteiger partial charge in [-0.1, -0.05) is 40.0 Å². The van der Waals surface area contributed by atoms with Crippen molar-refractivity contribution in [1.82, 2.24) is 9.88 Å². The molecule has 29 heavy (non-hydrogen) atoms. The Labute approximate surface area is 174 Å². The Morgan fingerprint density at radius 1 is 1.28 bits per heavy atom. The summed E-state index contributed by atoms with van der Waals surface area (Å²) in [6.07, 6.45) is 7.17. The minimum absolute atomic E-state index is 0.229. The van der Waals surface area contributed by atoms with Gasteiger partial charge in [-0.15, -0.1) is 0 Å². The maximum atomic E-state index is 12.8. The summed E-state index contributed by atoms with van der Waals surface area (Å²) in [4.78, 5) is 18.7. The average Bonchev–Trinajstić information content (AvgIpc) is 2.69. The summed E-state index contributed by atoms with van der Waals surface area (Å²) in [7, 11) is 0. The first-order valence-corrected chi connectivity index (χ1v) is 10.6. The van der Waals surface area contributed by atoms with Gasteiger partial charge in [-0.25, -0.2) is 0 Å². The fourth-order valence-electron chi connectivity index (χ4n) is 3.94. The highest BCUT2D eigenvalue weighted by Gasteiger charge is 2.61. The van der Waals surface area contributed by atoms with Gasteiger partial charge < -0.3 is 24.6 Å². The molecule has 1 fully saturated rings. The highest BCUT2D eigenvalue weighted by atomic mass is 16.6. The van der Waals surface area contributed by atoms with Crippen LogP contribution in [0.3, 0.4) is 0 Å². The Kier molecular flexibility index (Phi) is 8.86. The minimum atomic E-state index is -1.21. The number of nitrogens with zero attached hydrogens (tertiary/aromatic N) is 2. The molecular formula is C22H36N2O5. The standard InChI is InChI=1S/C22H36N2O5/c1-5-6-7-8-9-28-19-11-18(23-13-17(19)4)12-22(29-15-26)20(10-16(2)3)24(14-25)21(22)27/h11,13,16,20,25-26H,5-10,12,14-15H2,1-4H3/t20-,22+/m0/s1. The van der Waals surface area contributed by atoms with Crippen LogP contribution in [0, 0.1) is 12.8 Å². The molecule has 0 unspecified atom stereocenters. The zero-order valence-corrected chi connectivity index (χ0v) is 18.2. The number of unbranched alkanes of at least 4 members (excludes halogenated alkanes) is 3. The molecule has 0 aromatic carbocycles. The molecule has 1 amide bonds. The lowest BCUT2D eigenvalue weighted by atomic mass is 9.75. The van der Waals surface area contributed by atoms with Crippen LogP contribution in [-0.2, 0) is 16.0 Å². The highest BCUT2D eigenvalue weighted by Crippen LogP contribution is 2.40. The van der Waals surface area contributed by atoms with Gasteiger partial charge >= 0.3 is 0 Å². The zero-order valence-electron chi connectivity index (χ0n) is 18.2. The summed E-state index contributed by atoms with van der Waals surface area (Å²) in [6.45, 7) is 7.95. The number of β-lactam (4-membered cyclic amide) rings is 1. The van der Waals surface area contributed by atoms with E-state index in [0.717, 1.165) is 24.2 Å². The van der Waals surface area contributed by atoms with Crippen LogP contribution in [0.15, 0.2) is 12.3 Å². The van der Waals surface area contributed by atoms with Gasteiger partial charge in [0.2, 0.25) is 0 Å². The predicted octanol–water partition coefficient (Wildman–Crippen LogP) is 2.80. The molecule has 7 heteroatoms. The monoisotopic (exact) mass is 408 g/mol. The van der Waals surface area contributed by atoms with E-state index in [2.05, 4.69) is 25.8 Å². The summed E-state index contributed by atoms with van der Waals surface area (Å²) in [5, 5.41) is 19.1. The molecule has 164 valence electrons. The van der Waals surface area contributed by atoms with Gasteiger partial charge in [0.1, 0.15) is 19.3 Å². The molecule has 2 N–H and O–H groups in total. The van der Waals surface area contributed by atoms with Crippen LogP contribution in [0.25, 0.3) is 0 Å². The van der Waals surface area contributed by atoms with Crippen molar-refractivity contribution >= 4 is 5.91 Å². The molecule has 1 aliphatic rings. The molecule has 0 saturated carbocycles. The van der Waals surface area contributed by atoms with Crippen LogP contribution in [0.5, 0.6) is 5.75 Å². The Morgan fingerprint density at radius 3 is 2.66 bits per heavy atom. The summed E-state index contributed by atoms with van der Waals surface area (Å²) < 4.78 is 11.5. The normalized spacial score (nSPS) is 21.6. The van der Waals surface area contributed by atoms with Crippen molar-refractivity contribution in [2.75, 3.05) is 20.1 Å². The van der Waals surface area contributed by atoms with Crippen LogP contribution in [0.4, 0.5) is 0 Å². The third-order valence-electron chi connectivity index (χ3n) is 5.52. The van der Waals surface area contributed by atoms with E-state index < -0.39 is 12.4 Å². The van der Waals surface area contributed by atoms with Gasteiger partial charge in [-0.2, -0.15) is 0 Å². The molecule has 0 spiro atoms. The van der Waals surface area contributed by atoms with E-state index in [4.69, 9.17) is 9.47 Å². The summed E-state index contributed by atoms with van der Waals surface area (Å²) in [6, 6.07) is 1.55. The Hall–Kier alpha value is -1.70. The molecule has 2 atom stereocenters. The van der Waals surface area contributed by atoms with E-state index in [9.17, 15) is 15.0 Å². The van der Waals surface area contributed by atoms with Crippen molar-refractivity contribution < 1.29 is 24.5 Å². The molecule has 1 saturated heterocycles. The fourth-order valence-corrected chi connectivity index (χ4v) is 3.94. The van der Waals surface area contributed by atoms with E-state index >= 15 is 0 Å². The van der Waals surface area contributed by atoms with Gasteiger partial charge in [0.15, 0.2) is 5.60 Å². The molecule has 2 heterocycles.